The molecule has 5 rings (SSSR count). The highest BCUT2D eigenvalue weighted by Crippen LogP contribution is 2.45. The Hall–Kier alpha value is -3.98. The van der Waals surface area contributed by atoms with Crippen molar-refractivity contribution < 1.29 is 28.6 Å². The Balaban J connectivity index is 1.76. The van der Waals surface area contributed by atoms with E-state index in [9.17, 15) is 15.0 Å². The number of hydrogen-bond donors (Lipinski definition) is 2. The molecule has 0 saturated heterocycles. The number of para-hydroxylation sites is 1. The van der Waals surface area contributed by atoms with E-state index in [1.54, 1.807) is 36.4 Å². The summed E-state index contributed by atoms with van der Waals surface area (Å²) in [6, 6.07) is 10.1. The molecule has 0 bridgehead atoms. The fraction of sp³-hybridized carbons (Fsp3) is 0.130. The zero-order chi connectivity index (χ0) is 22.6. The number of hydrogen-bond acceptors (Lipinski definition) is 8. The van der Waals surface area contributed by atoms with Gasteiger partial charge in [-0.2, -0.15) is 0 Å². The van der Waals surface area contributed by atoms with Gasteiger partial charge < -0.3 is 23.8 Å². The smallest absolute Gasteiger partial charge is 0.242 e. The molecular formula is C23H18N2O6S. The van der Waals surface area contributed by atoms with E-state index in [2.05, 4.69) is 4.98 Å². The normalized spacial score (nSPS) is 11.3. The van der Waals surface area contributed by atoms with Gasteiger partial charge in [0.05, 0.1) is 19.1 Å². The molecule has 1 aromatic carbocycles. The standard InChI is InChI=1S/C23H18N2O6S/c1-11-12(2)32-23(24-11)25-18(14-8-5-9-30-14)17(20(27)22(25)28)19(26)16-10-13-6-4-7-15(29-3)21(13)31-16/h4-10,27-28H,1-3H3. The monoisotopic (exact) mass is 450 g/mol. The second-order valence-electron chi connectivity index (χ2n) is 7.16. The van der Waals surface area contributed by atoms with Crippen LogP contribution in [-0.4, -0.2) is 32.7 Å². The number of fused-ring (bicyclic) bond motifs is 1. The summed E-state index contributed by atoms with van der Waals surface area (Å²) in [5.41, 5.74) is 1.21. The minimum absolute atomic E-state index is 0.0174. The highest BCUT2D eigenvalue weighted by Gasteiger charge is 2.33. The minimum Gasteiger partial charge on any atom is -0.503 e. The van der Waals surface area contributed by atoms with E-state index in [4.69, 9.17) is 13.6 Å². The van der Waals surface area contributed by atoms with Gasteiger partial charge in [-0.1, -0.05) is 12.1 Å². The van der Waals surface area contributed by atoms with Crippen molar-refractivity contribution in [3.05, 3.63) is 64.6 Å². The molecular weight excluding hydrogens is 432 g/mol. The summed E-state index contributed by atoms with van der Waals surface area (Å²) in [6.07, 6.45) is 1.44. The highest BCUT2D eigenvalue weighted by molar-refractivity contribution is 7.14. The average Bonchev–Trinajstić information content (AvgIpc) is 3.55. The molecule has 0 fully saturated rings. The van der Waals surface area contributed by atoms with Gasteiger partial charge in [0.15, 0.2) is 33.7 Å². The summed E-state index contributed by atoms with van der Waals surface area (Å²) in [5, 5.41) is 22.7. The van der Waals surface area contributed by atoms with Gasteiger partial charge in [0.25, 0.3) is 0 Å². The molecule has 0 amide bonds. The van der Waals surface area contributed by atoms with Gasteiger partial charge in [-0.3, -0.25) is 4.79 Å². The Kier molecular flexibility index (Phi) is 4.56. The fourth-order valence-electron chi connectivity index (χ4n) is 3.58. The molecule has 0 aliphatic rings. The van der Waals surface area contributed by atoms with E-state index in [1.165, 1.54) is 29.3 Å². The molecule has 0 aliphatic carbocycles. The third-order valence-corrected chi connectivity index (χ3v) is 6.32. The predicted molar refractivity (Wildman–Crippen MR) is 118 cm³/mol. The molecule has 0 unspecified atom stereocenters. The first-order valence-corrected chi connectivity index (χ1v) is 10.5. The molecule has 5 aromatic rings. The van der Waals surface area contributed by atoms with Gasteiger partial charge in [0.1, 0.15) is 11.3 Å². The van der Waals surface area contributed by atoms with Crippen LogP contribution in [-0.2, 0) is 0 Å². The number of rotatable bonds is 5. The van der Waals surface area contributed by atoms with Crippen molar-refractivity contribution in [2.75, 3.05) is 7.11 Å². The van der Waals surface area contributed by atoms with Crippen LogP contribution in [0.2, 0.25) is 0 Å². The Morgan fingerprint density at radius 2 is 2.00 bits per heavy atom. The summed E-state index contributed by atoms with van der Waals surface area (Å²) in [4.78, 5) is 19.0. The molecule has 0 saturated carbocycles. The van der Waals surface area contributed by atoms with Crippen molar-refractivity contribution in [3.63, 3.8) is 0 Å². The second kappa shape index (κ2) is 7.31. The quantitative estimate of drug-likeness (QED) is 0.354. The topological polar surface area (TPSA) is 111 Å². The van der Waals surface area contributed by atoms with Crippen LogP contribution in [0.5, 0.6) is 17.4 Å². The number of carbonyl (C=O) groups is 1. The van der Waals surface area contributed by atoms with Gasteiger partial charge in [-0.15, -0.1) is 11.3 Å². The van der Waals surface area contributed by atoms with Crippen molar-refractivity contribution in [3.8, 4) is 34.0 Å². The predicted octanol–water partition coefficient (Wildman–Crippen LogP) is 5.21. The molecule has 0 radical (unpaired) electrons. The molecule has 32 heavy (non-hydrogen) atoms. The van der Waals surface area contributed by atoms with E-state index < -0.39 is 17.4 Å². The zero-order valence-corrected chi connectivity index (χ0v) is 18.2. The first kappa shape index (κ1) is 20.0. The molecule has 0 spiro atoms. The summed E-state index contributed by atoms with van der Waals surface area (Å²) >= 11 is 1.32. The van der Waals surface area contributed by atoms with Crippen LogP contribution in [0.25, 0.3) is 27.6 Å². The lowest BCUT2D eigenvalue weighted by atomic mass is 10.1. The SMILES string of the molecule is COc1cccc2cc(C(=O)c3c(O)c(O)n(-c4nc(C)c(C)s4)c3-c3ccco3)oc12. The van der Waals surface area contributed by atoms with E-state index >= 15 is 0 Å². The van der Waals surface area contributed by atoms with Crippen molar-refractivity contribution in [1.82, 2.24) is 9.55 Å². The number of aromatic hydroxyl groups is 2. The van der Waals surface area contributed by atoms with E-state index in [0.29, 0.717) is 21.9 Å². The number of aromatic nitrogens is 2. The van der Waals surface area contributed by atoms with Crippen LogP contribution < -0.4 is 4.74 Å². The molecule has 0 aliphatic heterocycles. The zero-order valence-electron chi connectivity index (χ0n) is 17.4. The van der Waals surface area contributed by atoms with Crippen LogP contribution in [0.1, 0.15) is 26.7 Å². The van der Waals surface area contributed by atoms with Gasteiger partial charge >= 0.3 is 0 Å². The third kappa shape index (κ3) is 2.89. The Labute approximate surface area is 185 Å². The molecule has 9 heteroatoms. The number of methoxy groups -OCH3 is 1. The van der Waals surface area contributed by atoms with Gasteiger partial charge in [0.2, 0.25) is 11.7 Å². The molecule has 4 heterocycles. The lowest BCUT2D eigenvalue weighted by Gasteiger charge is -2.06. The number of furan rings is 2. The maximum Gasteiger partial charge on any atom is 0.242 e. The van der Waals surface area contributed by atoms with Crippen molar-refractivity contribution >= 4 is 28.1 Å². The van der Waals surface area contributed by atoms with Gasteiger partial charge in [-0.25, -0.2) is 9.55 Å². The van der Waals surface area contributed by atoms with Crippen LogP contribution >= 0.6 is 11.3 Å². The number of ether oxygens (including phenoxy) is 1. The Bertz CT molecular complexity index is 1450. The molecule has 0 atom stereocenters. The van der Waals surface area contributed by atoms with E-state index in [1.807, 2.05) is 13.8 Å². The fourth-order valence-corrected chi connectivity index (χ4v) is 4.50. The van der Waals surface area contributed by atoms with Crippen molar-refractivity contribution in [2.24, 2.45) is 0 Å². The summed E-state index contributed by atoms with van der Waals surface area (Å²) in [5.74, 6) is -0.974. The molecule has 162 valence electrons. The largest absolute Gasteiger partial charge is 0.503 e. The molecule has 4 aromatic heterocycles. The minimum atomic E-state index is -0.619. The first-order chi connectivity index (χ1) is 15.4. The van der Waals surface area contributed by atoms with Crippen molar-refractivity contribution in [2.45, 2.75) is 13.8 Å². The van der Waals surface area contributed by atoms with Crippen LogP contribution in [0.4, 0.5) is 0 Å². The molecule has 8 nitrogen and oxygen atoms in total. The first-order valence-electron chi connectivity index (χ1n) is 9.66. The highest BCUT2D eigenvalue weighted by atomic mass is 32.1. The maximum absolute atomic E-state index is 13.5. The van der Waals surface area contributed by atoms with E-state index in [0.717, 1.165) is 10.6 Å². The molecule has 2 N–H and O–H groups in total. The number of nitrogens with zero attached hydrogens (tertiary/aromatic N) is 2. The number of thiazole rings is 1. The number of aryl methyl sites for hydroxylation is 2. The summed E-state index contributed by atoms with van der Waals surface area (Å²) in [7, 11) is 1.51. The number of ketones is 1. The van der Waals surface area contributed by atoms with Crippen LogP contribution in [0, 0.1) is 13.8 Å². The Morgan fingerprint density at radius 3 is 2.66 bits per heavy atom. The maximum atomic E-state index is 13.5. The summed E-state index contributed by atoms with van der Waals surface area (Å²) in [6.45, 7) is 3.74. The second-order valence-corrected chi connectivity index (χ2v) is 8.35. The number of carbonyl (C=O) groups excluding carboxylic acids is 1. The van der Waals surface area contributed by atoms with Gasteiger partial charge in [-0.05, 0) is 38.1 Å². The van der Waals surface area contributed by atoms with Gasteiger partial charge in [0, 0.05) is 10.3 Å². The summed E-state index contributed by atoms with van der Waals surface area (Å²) < 4.78 is 18.0. The lowest BCUT2D eigenvalue weighted by molar-refractivity contribution is 0.101. The van der Waals surface area contributed by atoms with E-state index in [-0.39, 0.29) is 22.8 Å². The lowest BCUT2D eigenvalue weighted by Crippen LogP contribution is -2.03. The van der Waals surface area contributed by atoms with Crippen LogP contribution in [0.3, 0.4) is 0 Å². The van der Waals surface area contributed by atoms with Crippen molar-refractivity contribution in [1.29, 1.82) is 0 Å². The third-order valence-electron chi connectivity index (χ3n) is 5.26. The Morgan fingerprint density at radius 1 is 1.19 bits per heavy atom. The average molecular weight is 450 g/mol. The van der Waals surface area contributed by atoms with Crippen LogP contribution in [0.15, 0.2) is 51.5 Å². The number of benzene rings is 1.